The number of nitrogens with zero attached hydrogens (tertiary/aromatic N) is 4. The second kappa shape index (κ2) is 6.44. The standard InChI is InChI=1S/C17H20N6OS/c1-10(2)15-18-16(22-21-15)13-5-3-7-23(13)17(24)12-9-11(19-20-12)14-6-4-8-25-14/h4,6,8-10,13H,3,5,7H2,1-2H3,(H,19,20)(H,18,21,22)/t13-/m0/s1. The van der Waals surface area contributed by atoms with Crippen LogP contribution in [0.4, 0.5) is 0 Å². The summed E-state index contributed by atoms with van der Waals surface area (Å²) in [5.74, 6) is 1.75. The van der Waals surface area contributed by atoms with Crippen LogP contribution in [0.1, 0.15) is 60.8 Å². The van der Waals surface area contributed by atoms with Gasteiger partial charge in [-0.3, -0.25) is 15.0 Å². The number of H-pyrrole nitrogens is 2. The minimum absolute atomic E-state index is 0.0608. The highest BCUT2D eigenvalue weighted by Gasteiger charge is 2.34. The Kier molecular flexibility index (Phi) is 4.12. The van der Waals surface area contributed by atoms with Gasteiger partial charge in [0, 0.05) is 12.5 Å². The van der Waals surface area contributed by atoms with E-state index in [9.17, 15) is 4.79 Å². The van der Waals surface area contributed by atoms with E-state index in [1.807, 2.05) is 28.5 Å². The molecule has 7 nitrogen and oxygen atoms in total. The molecule has 1 aliphatic rings. The zero-order valence-electron chi connectivity index (χ0n) is 14.2. The largest absolute Gasteiger partial charge is 0.327 e. The summed E-state index contributed by atoms with van der Waals surface area (Å²) in [7, 11) is 0. The van der Waals surface area contributed by atoms with Crippen molar-refractivity contribution in [2.24, 2.45) is 0 Å². The number of hydrogen-bond acceptors (Lipinski definition) is 5. The molecule has 0 aliphatic carbocycles. The van der Waals surface area contributed by atoms with Gasteiger partial charge in [-0.25, -0.2) is 4.98 Å². The Morgan fingerprint density at radius 1 is 1.36 bits per heavy atom. The van der Waals surface area contributed by atoms with Crippen LogP contribution in [0.15, 0.2) is 23.6 Å². The van der Waals surface area contributed by atoms with Gasteiger partial charge in [0.2, 0.25) is 0 Å². The Balaban J connectivity index is 1.56. The molecule has 4 heterocycles. The molecular weight excluding hydrogens is 336 g/mol. The summed E-state index contributed by atoms with van der Waals surface area (Å²) < 4.78 is 0. The Labute approximate surface area is 149 Å². The third-order valence-corrected chi connectivity index (χ3v) is 5.35. The van der Waals surface area contributed by atoms with Gasteiger partial charge in [-0.15, -0.1) is 11.3 Å². The summed E-state index contributed by atoms with van der Waals surface area (Å²) in [6.45, 7) is 4.82. The fourth-order valence-electron chi connectivity index (χ4n) is 3.13. The maximum absolute atomic E-state index is 12.9. The Bertz CT molecular complexity index is 865. The molecule has 0 unspecified atom stereocenters. The molecule has 25 heavy (non-hydrogen) atoms. The Morgan fingerprint density at radius 3 is 2.96 bits per heavy atom. The van der Waals surface area contributed by atoms with Gasteiger partial charge in [0.15, 0.2) is 11.5 Å². The van der Waals surface area contributed by atoms with Crippen molar-refractivity contribution in [1.82, 2.24) is 30.3 Å². The van der Waals surface area contributed by atoms with E-state index in [0.29, 0.717) is 12.2 Å². The molecule has 8 heteroatoms. The van der Waals surface area contributed by atoms with Crippen LogP contribution in [0.2, 0.25) is 0 Å². The quantitative estimate of drug-likeness (QED) is 0.750. The van der Waals surface area contributed by atoms with Crippen molar-refractivity contribution in [3.8, 4) is 10.6 Å². The highest BCUT2D eigenvalue weighted by molar-refractivity contribution is 7.13. The maximum atomic E-state index is 12.9. The van der Waals surface area contributed by atoms with Gasteiger partial charge in [0.1, 0.15) is 5.82 Å². The van der Waals surface area contributed by atoms with Crippen LogP contribution in [-0.4, -0.2) is 42.7 Å². The number of rotatable bonds is 4. The molecule has 0 radical (unpaired) electrons. The minimum Gasteiger partial charge on any atom is -0.327 e. The third kappa shape index (κ3) is 2.97. The van der Waals surface area contributed by atoms with E-state index < -0.39 is 0 Å². The molecule has 4 rings (SSSR count). The molecule has 3 aromatic heterocycles. The SMILES string of the molecule is CC(C)c1n[nH]c([C@@H]2CCCN2C(=O)c2cc(-c3cccs3)[nH]n2)n1. The van der Waals surface area contributed by atoms with Gasteiger partial charge in [0.05, 0.1) is 16.6 Å². The molecule has 1 atom stereocenters. The van der Waals surface area contributed by atoms with Crippen molar-refractivity contribution < 1.29 is 4.79 Å². The highest BCUT2D eigenvalue weighted by atomic mass is 32.1. The van der Waals surface area contributed by atoms with Crippen LogP contribution in [0.5, 0.6) is 0 Å². The fraction of sp³-hybridized carbons (Fsp3) is 0.412. The number of hydrogen-bond donors (Lipinski definition) is 2. The average Bonchev–Trinajstić information content (AvgIpc) is 3.41. The summed E-state index contributed by atoms with van der Waals surface area (Å²) in [4.78, 5) is 20.4. The zero-order valence-corrected chi connectivity index (χ0v) is 15.0. The molecule has 1 saturated heterocycles. The Hall–Kier alpha value is -2.48. The number of likely N-dealkylation sites (tertiary alicyclic amines) is 1. The maximum Gasteiger partial charge on any atom is 0.274 e. The molecule has 2 N–H and O–H groups in total. The van der Waals surface area contributed by atoms with Gasteiger partial charge < -0.3 is 4.90 Å². The predicted molar refractivity (Wildman–Crippen MR) is 95.4 cm³/mol. The van der Waals surface area contributed by atoms with E-state index >= 15 is 0 Å². The fourth-order valence-corrected chi connectivity index (χ4v) is 3.82. The number of aromatic amines is 2. The highest BCUT2D eigenvalue weighted by Crippen LogP contribution is 2.32. The van der Waals surface area contributed by atoms with E-state index in [-0.39, 0.29) is 17.9 Å². The van der Waals surface area contributed by atoms with Crippen LogP contribution in [0.25, 0.3) is 10.6 Å². The lowest BCUT2D eigenvalue weighted by Gasteiger charge is -2.21. The van der Waals surface area contributed by atoms with E-state index in [1.54, 1.807) is 11.3 Å². The number of carbonyl (C=O) groups is 1. The van der Waals surface area contributed by atoms with Crippen LogP contribution in [0.3, 0.4) is 0 Å². The van der Waals surface area contributed by atoms with E-state index in [2.05, 4.69) is 39.2 Å². The molecule has 130 valence electrons. The molecule has 1 aliphatic heterocycles. The molecule has 1 amide bonds. The third-order valence-electron chi connectivity index (χ3n) is 4.45. The topological polar surface area (TPSA) is 90.6 Å². The van der Waals surface area contributed by atoms with Crippen LogP contribution >= 0.6 is 11.3 Å². The van der Waals surface area contributed by atoms with E-state index in [0.717, 1.165) is 35.1 Å². The van der Waals surface area contributed by atoms with Gasteiger partial charge in [0.25, 0.3) is 5.91 Å². The van der Waals surface area contributed by atoms with Crippen molar-refractivity contribution in [2.75, 3.05) is 6.54 Å². The first-order valence-electron chi connectivity index (χ1n) is 8.46. The van der Waals surface area contributed by atoms with Crippen molar-refractivity contribution in [1.29, 1.82) is 0 Å². The van der Waals surface area contributed by atoms with E-state index in [4.69, 9.17) is 0 Å². The predicted octanol–water partition coefficient (Wildman–Crippen LogP) is 3.36. The van der Waals surface area contributed by atoms with Gasteiger partial charge in [-0.1, -0.05) is 19.9 Å². The molecule has 1 fully saturated rings. The molecule has 0 spiro atoms. The lowest BCUT2D eigenvalue weighted by molar-refractivity contribution is 0.0724. The first-order valence-corrected chi connectivity index (χ1v) is 9.34. The number of thiophene rings is 1. The lowest BCUT2D eigenvalue weighted by atomic mass is 10.2. The van der Waals surface area contributed by atoms with E-state index in [1.165, 1.54) is 0 Å². The van der Waals surface area contributed by atoms with Crippen LogP contribution in [-0.2, 0) is 0 Å². The lowest BCUT2D eigenvalue weighted by Crippen LogP contribution is -2.31. The summed E-state index contributed by atoms with van der Waals surface area (Å²) in [6, 6.07) is 5.75. The number of amides is 1. The van der Waals surface area contributed by atoms with Crippen molar-refractivity contribution in [3.05, 3.63) is 40.9 Å². The monoisotopic (exact) mass is 356 g/mol. The number of nitrogens with one attached hydrogen (secondary N) is 2. The zero-order chi connectivity index (χ0) is 17.4. The summed E-state index contributed by atoms with van der Waals surface area (Å²) in [5, 5.41) is 16.5. The van der Waals surface area contributed by atoms with Crippen LogP contribution in [0, 0.1) is 0 Å². The summed E-state index contributed by atoms with van der Waals surface area (Å²) in [6.07, 6.45) is 1.84. The smallest absolute Gasteiger partial charge is 0.274 e. The molecule has 0 saturated carbocycles. The second-order valence-corrected chi connectivity index (χ2v) is 7.48. The molecule has 0 bridgehead atoms. The Morgan fingerprint density at radius 2 is 2.24 bits per heavy atom. The van der Waals surface area contributed by atoms with Crippen molar-refractivity contribution in [3.63, 3.8) is 0 Å². The van der Waals surface area contributed by atoms with Gasteiger partial charge in [-0.05, 0) is 30.4 Å². The second-order valence-electron chi connectivity index (χ2n) is 6.53. The van der Waals surface area contributed by atoms with Gasteiger partial charge in [-0.2, -0.15) is 10.2 Å². The normalized spacial score (nSPS) is 17.6. The average molecular weight is 356 g/mol. The molecule has 3 aromatic rings. The molecular formula is C17H20N6OS. The van der Waals surface area contributed by atoms with Gasteiger partial charge >= 0.3 is 0 Å². The number of carbonyl (C=O) groups excluding carboxylic acids is 1. The first kappa shape index (κ1) is 16.0. The first-order chi connectivity index (χ1) is 12.1. The van der Waals surface area contributed by atoms with Crippen molar-refractivity contribution in [2.45, 2.75) is 38.6 Å². The van der Waals surface area contributed by atoms with Crippen LogP contribution < -0.4 is 0 Å². The molecule has 0 aromatic carbocycles. The van der Waals surface area contributed by atoms with Crippen molar-refractivity contribution >= 4 is 17.2 Å². The summed E-state index contributed by atoms with van der Waals surface area (Å²) >= 11 is 1.62. The number of aromatic nitrogens is 5. The summed E-state index contributed by atoms with van der Waals surface area (Å²) in [5.41, 5.74) is 1.31. The minimum atomic E-state index is -0.0657.